The van der Waals surface area contributed by atoms with Crippen LogP contribution in [0.2, 0.25) is 0 Å². The maximum atomic E-state index is 13.7. The number of hydrogen-bond donors (Lipinski definition) is 1. The summed E-state index contributed by atoms with van der Waals surface area (Å²) in [6.45, 7) is 5.79. The Labute approximate surface area is 123 Å². The van der Waals surface area contributed by atoms with Gasteiger partial charge in [0.05, 0.1) is 16.7 Å². The highest BCUT2D eigenvalue weighted by molar-refractivity contribution is 5.77. The minimum absolute atomic E-state index is 0.248. The number of anilines is 1. The first-order valence-electron chi connectivity index (χ1n) is 7.19. The van der Waals surface area contributed by atoms with E-state index in [1.807, 2.05) is 0 Å². The summed E-state index contributed by atoms with van der Waals surface area (Å²) >= 11 is 0. The smallest absolute Gasteiger partial charge is 0.152 e. The molecule has 2 N–H and O–H groups in total. The van der Waals surface area contributed by atoms with Crippen LogP contribution in [-0.2, 0) is 6.54 Å². The van der Waals surface area contributed by atoms with Crippen molar-refractivity contribution < 1.29 is 4.39 Å². The molecule has 2 aromatic rings. The van der Waals surface area contributed by atoms with Crippen molar-refractivity contribution in [2.45, 2.75) is 13.5 Å². The highest BCUT2D eigenvalue weighted by atomic mass is 19.1. The maximum Gasteiger partial charge on any atom is 0.152 e. The first-order chi connectivity index (χ1) is 10.1. The predicted molar refractivity (Wildman–Crippen MR) is 81.8 cm³/mol. The molecule has 0 unspecified atom stereocenters. The van der Waals surface area contributed by atoms with Crippen molar-refractivity contribution in [3.8, 4) is 0 Å². The summed E-state index contributed by atoms with van der Waals surface area (Å²) in [7, 11) is 2.10. The van der Waals surface area contributed by atoms with Crippen LogP contribution in [-0.4, -0.2) is 48.1 Å². The lowest BCUT2D eigenvalue weighted by Crippen LogP contribution is -2.45. The van der Waals surface area contributed by atoms with Crippen LogP contribution >= 0.6 is 0 Å². The number of aromatic nitrogens is 2. The third-order valence-electron chi connectivity index (χ3n) is 3.99. The van der Waals surface area contributed by atoms with Crippen LogP contribution in [0, 0.1) is 12.7 Å². The first kappa shape index (κ1) is 14.2. The van der Waals surface area contributed by atoms with Gasteiger partial charge in [0.1, 0.15) is 5.82 Å². The van der Waals surface area contributed by atoms with Crippen molar-refractivity contribution in [2.24, 2.45) is 5.73 Å². The van der Waals surface area contributed by atoms with Crippen molar-refractivity contribution in [2.75, 3.05) is 38.1 Å². The van der Waals surface area contributed by atoms with Crippen molar-refractivity contribution in [3.63, 3.8) is 0 Å². The summed E-state index contributed by atoms with van der Waals surface area (Å²) in [5.41, 5.74) is 8.47. The largest absolute Gasteiger partial charge is 0.352 e. The Morgan fingerprint density at radius 3 is 2.48 bits per heavy atom. The van der Waals surface area contributed by atoms with E-state index in [0.717, 1.165) is 37.7 Å². The summed E-state index contributed by atoms with van der Waals surface area (Å²) in [5, 5.41) is 0. The molecule has 112 valence electrons. The molecule has 1 aromatic heterocycles. The second kappa shape index (κ2) is 5.54. The quantitative estimate of drug-likeness (QED) is 0.903. The Kier molecular flexibility index (Phi) is 3.73. The fraction of sp³-hybridized carbons (Fsp3) is 0.467. The van der Waals surface area contributed by atoms with Gasteiger partial charge in [-0.1, -0.05) is 0 Å². The van der Waals surface area contributed by atoms with E-state index in [1.165, 1.54) is 6.07 Å². The molecule has 0 radical (unpaired) electrons. The van der Waals surface area contributed by atoms with E-state index < -0.39 is 0 Å². The molecule has 3 rings (SSSR count). The third kappa shape index (κ3) is 2.69. The second-order valence-corrected chi connectivity index (χ2v) is 5.58. The SMILES string of the molecule is Cc1cc2nc(CN)c(N3CCN(C)CC3)nc2cc1F. The van der Waals surface area contributed by atoms with Gasteiger partial charge < -0.3 is 15.5 Å². The zero-order valence-electron chi connectivity index (χ0n) is 12.4. The van der Waals surface area contributed by atoms with Gasteiger partial charge in [-0.3, -0.25) is 0 Å². The Morgan fingerprint density at radius 1 is 1.14 bits per heavy atom. The molecule has 1 saturated heterocycles. The molecular weight excluding hydrogens is 269 g/mol. The molecule has 21 heavy (non-hydrogen) atoms. The Bertz CT molecular complexity index is 665. The number of rotatable bonds is 2. The van der Waals surface area contributed by atoms with E-state index >= 15 is 0 Å². The standard InChI is InChI=1S/C15H20FN5/c1-10-7-12-13(8-11(10)16)19-15(14(9-17)18-12)21-5-3-20(2)4-6-21/h7-8H,3-6,9,17H2,1-2H3. The Morgan fingerprint density at radius 2 is 1.81 bits per heavy atom. The number of aryl methyl sites for hydroxylation is 1. The normalized spacial score (nSPS) is 16.7. The number of piperazine rings is 1. The van der Waals surface area contributed by atoms with Crippen LogP contribution in [0.1, 0.15) is 11.3 Å². The molecule has 1 aliphatic rings. The number of hydrogen-bond acceptors (Lipinski definition) is 5. The van der Waals surface area contributed by atoms with Gasteiger partial charge in [0.15, 0.2) is 5.82 Å². The first-order valence-corrected chi connectivity index (χ1v) is 7.19. The van der Waals surface area contributed by atoms with E-state index in [4.69, 9.17) is 5.73 Å². The predicted octanol–water partition coefficient (Wildman–Crippen LogP) is 1.29. The van der Waals surface area contributed by atoms with Crippen molar-refractivity contribution in [1.29, 1.82) is 0 Å². The molecule has 5 nitrogen and oxygen atoms in total. The summed E-state index contributed by atoms with van der Waals surface area (Å²) < 4.78 is 13.7. The fourth-order valence-electron chi connectivity index (χ4n) is 2.62. The van der Waals surface area contributed by atoms with Gasteiger partial charge in [-0.2, -0.15) is 0 Å². The van der Waals surface area contributed by atoms with Gasteiger partial charge in [0.2, 0.25) is 0 Å². The van der Waals surface area contributed by atoms with E-state index in [1.54, 1.807) is 13.0 Å². The molecule has 6 heteroatoms. The monoisotopic (exact) mass is 289 g/mol. The lowest BCUT2D eigenvalue weighted by atomic mass is 10.2. The van der Waals surface area contributed by atoms with Crippen LogP contribution in [0.5, 0.6) is 0 Å². The van der Waals surface area contributed by atoms with Gasteiger partial charge in [-0.05, 0) is 25.6 Å². The average Bonchev–Trinajstić information content (AvgIpc) is 2.48. The molecule has 1 aromatic carbocycles. The molecule has 0 spiro atoms. The van der Waals surface area contributed by atoms with Gasteiger partial charge in [0, 0.05) is 38.8 Å². The number of nitrogens with zero attached hydrogens (tertiary/aromatic N) is 4. The Balaban J connectivity index is 2.06. The lowest BCUT2D eigenvalue weighted by Gasteiger charge is -2.34. The number of benzene rings is 1. The van der Waals surface area contributed by atoms with Crippen LogP contribution < -0.4 is 10.6 Å². The molecule has 0 saturated carbocycles. The number of fused-ring (bicyclic) bond motifs is 1. The average molecular weight is 289 g/mol. The summed E-state index contributed by atoms with van der Waals surface area (Å²) in [5.74, 6) is 0.544. The van der Waals surface area contributed by atoms with E-state index in [2.05, 4.69) is 26.8 Å². The topological polar surface area (TPSA) is 58.3 Å². The van der Waals surface area contributed by atoms with Crippen LogP contribution in [0.15, 0.2) is 12.1 Å². The van der Waals surface area contributed by atoms with E-state index in [9.17, 15) is 4.39 Å². The molecule has 0 amide bonds. The van der Waals surface area contributed by atoms with Crippen molar-refractivity contribution >= 4 is 16.9 Å². The molecule has 0 atom stereocenters. The van der Waals surface area contributed by atoms with E-state index in [0.29, 0.717) is 23.1 Å². The van der Waals surface area contributed by atoms with Gasteiger partial charge >= 0.3 is 0 Å². The zero-order valence-corrected chi connectivity index (χ0v) is 12.4. The third-order valence-corrected chi connectivity index (χ3v) is 3.99. The molecule has 1 aliphatic heterocycles. The molecule has 1 fully saturated rings. The highest BCUT2D eigenvalue weighted by Gasteiger charge is 2.19. The zero-order chi connectivity index (χ0) is 15.0. The maximum absolute atomic E-state index is 13.7. The van der Waals surface area contributed by atoms with Gasteiger partial charge in [-0.15, -0.1) is 0 Å². The van der Waals surface area contributed by atoms with Gasteiger partial charge in [0.25, 0.3) is 0 Å². The fourth-order valence-corrected chi connectivity index (χ4v) is 2.62. The number of nitrogens with two attached hydrogens (primary N) is 1. The molecule has 0 bridgehead atoms. The summed E-state index contributed by atoms with van der Waals surface area (Å²) in [6, 6.07) is 3.18. The van der Waals surface area contributed by atoms with Crippen molar-refractivity contribution in [3.05, 3.63) is 29.2 Å². The second-order valence-electron chi connectivity index (χ2n) is 5.58. The van der Waals surface area contributed by atoms with Crippen LogP contribution in [0.25, 0.3) is 11.0 Å². The Hall–Kier alpha value is -1.79. The van der Waals surface area contributed by atoms with Crippen LogP contribution in [0.4, 0.5) is 10.2 Å². The van der Waals surface area contributed by atoms with Crippen molar-refractivity contribution in [1.82, 2.24) is 14.9 Å². The summed E-state index contributed by atoms with van der Waals surface area (Å²) in [6.07, 6.45) is 0. The molecule has 2 heterocycles. The van der Waals surface area contributed by atoms with E-state index in [-0.39, 0.29) is 5.82 Å². The minimum atomic E-state index is -0.248. The minimum Gasteiger partial charge on any atom is -0.352 e. The highest BCUT2D eigenvalue weighted by Crippen LogP contribution is 2.23. The van der Waals surface area contributed by atoms with Crippen LogP contribution in [0.3, 0.4) is 0 Å². The van der Waals surface area contributed by atoms with Gasteiger partial charge in [-0.25, -0.2) is 14.4 Å². The molecular formula is C15H20FN5. The summed E-state index contributed by atoms with van der Waals surface area (Å²) in [4.78, 5) is 13.7. The number of halogens is 1. The molecule has 0 aliphatic carbocycles. The lowest BCUT2D eigenvalue weighted by molar-refractivity contribution is 0.312. The number of likely N-dealkylation sites (N-methyl/N-ethyl adjacent to an activating group) is 1.